The second-order valence-electron chi connectivity index (χ2n) is 3.35. The molecule has 0 aliphatic carbocycles. The lowest BCUT2D eigenvalue weighted by Gasteiger charge is -1.99. The minimum atomic E-state index is 0.884. The summed E-state index contributed by atoms with van der Waals surface area (Å²) < 4.78 is 9.33. The van der Waals surface area contributed by atoms with E-state index < -0.39 is 0 Å². The Morgan fingerprint density at radius 3 is 2.53 bits per heavy atom. The van der Waals surface area contributed by atoms with Crippen molar-refractivity contribution in [3.8, 4) is 11.4 Å². The van der Waals surface area contributed by atoms with Crippen molar-refractivity contribution in [2.75, 3.05) is 7.11 Å². The van der Waals surface area contributed by atoms with E-state index in [1.165, 1.54) is 0 Å². The average molecular weight is 203 g/mol. The number of hydrogen-bond donors (Lipinski definition) is 0. The summed E-state index contributed by atoms with van der Waals surface area (Å²) in [7, 11) is 1.68. The standard InChI is InChI=1S/C12H15N2O/c1-3-13-8-9-14(10-13)11-4-6-12(15-2)7-5-11/h4-10H,3H2,1-2H3/q+1. The molecule has 0 aliphatic heterocycles. The van der Waals surface area contributed by atoms with Crippen LogP contribution in [0.1, 0.15) is 6.92 Å². The van der Waals surface area contributed by atoms with Crippen LogP contribution in [0.15, 0.2) is 43.0 Å². The minimum absolute atomic E-state index is 0.884. The molecule has 0 N–H and O–H groups in total. The average Bonchev–Trinajstić information content (AvgIpc) is 2.78. The number of aromatic nitrogens is 2. The third-order valence-electron chi connectivity index (χ3n) is 2.43. The van der Waals surface area contributed by atoms with E-state index in [0.717, 1.165) is 18.0 Å². The molecule has 0 amide bonds. The van der Waals surface area contributed by atoms with Gasteiger partial charge in [-0.15, -0.1) is 0 Å². The third-order valence-corrected chi connectivity index (χ3v) is 2.43. The quantitative estimate of drug-likeness (QED) is 0.695. The van der Waals surface area contributed by atoms with Crippen LogP contribution in [0.25, 0.3) is 5.69 Å². The second kappa shape index (κ2) is 4.17. The number of nitrogens with zero attached hydrogens (tertiary/aromatic N) is 2. The van der Waals surface area contributed by atoms with Gasteiger partial charge in [-0.1, -0.05) is 0 Å². The SMILES string of the molecule is CC[n+]1ccn(-c2ccc(OC)cc2)c1. The highest BCUT2D eigenvalue weighted by Gasteiger charge is 2.04. The van der Waals surface area contributed by atoms with Gasteiger partial charge in [0.1, 0.15) is 23.8 Å². The molecule has 15 heavy (non-hydrogen) atoms. The van der Waals surface area contributed by atoms with Crippen molar-refractivity contribution in [3.05, 3.63) is 43.0 Å². The van der Waals surface area contributed by atoms with E-state index in [1.807, 2.05) is 30.5 Å². The second-order valence-corrected chi connectivity index (χ2v) is 3.35. The number of methoxy groups -OCH3 is 1. The van der Waals surface area contributed by atoms with Crippen LogP contribution in [0.5, 0.6) is 5.75 Å². The summed E-state index contributed by atoms with van der Waals surface area (Å²) in [6, 6.07) is 8.01. The Hall–Kier alpha value is -1.77. The summed E-state index contributed by atoms with van der Waals surface area (Å²) in [5.41, 5.74) is 1.14. The summed E-state index contributed by atoms with van der Waals surface area (Å²) in [6.07, 6.45) is 6.18. The number of ether oxygens (including phenoxy) is 1. The topological polar surface area (TPSA) is 18.0 Å². The minimum Gasteiger partial charge on any atom is -0.497 e. The number of hydrogen-bond acceptors (Lipinski definition) is 1. The molecule has 3 heteroatoms. The van der Waals surface area contributed by atoms with Gasteiger partial charge in [-0.2, -0.15) is 0 Å². The van der Waals surface area contributed by atoms with Crippen molar-refractivity contribution < 1.29 is 9.30 Å². The van der Waals surface area contributed by atoms with E-state index in [0.29, 0.717) is 0 Å². The molecule has 0 radical (unpaired) electrons. The van der Waals surface area contributed by atoms with Crippen LogP contribution >= 0.6 is 0 Å². The fraction of sp³-hybridized carbons (Fsp3) is 0.250. The van der Waals surface area contributed by atoms with Crippen LogP contribution < -0.4 is 9.30 Å². The molecular weight excluding hydrogens is 188 g/mol. The predicted molar refractivity (Wildman–Crippen MR) is 58.2 cm³/mol. The molecule has 2 rings (SSSR count). The van der Waals surface area contributed by atoms with Crippen LogP contribution in [0.4, 0.5) is 0 Å². The van der Waals surface area contributed by atoms with Gasteiger partial charge >= 0.3 is 0 Å². The van der Waals surface area contributed by atoms with Crippen molar-refractivity contribution in [1.82, 2.24) is 4.57 Å². The number of aryl methyl sites for hydroxylation is 1. The Morgan fingerprint density at radius 2 is 2.00 bits per heavy atom. The summed E-state index contributed by atoms with van der Waals surface area (Å²) in [4.78, 5) is 0. The van der Waals surface area contributed by atoms with Gasteiger partial charge in [0, 0.05) is 0 Å². The zero-order valence-electron chi connectivity index (χ0n) is 9.05. The van der Waals surface area contributed by atoms with Crippen LogP contribution in [-0.4, -0.2) is 11.7 Å². The van der Waals surface area contributed by atoms with Crippen LogP contribution in [0, 0.1) is 0 Å². The smallest absolute Gasteiger partial charge is 0.248 e. The lowest BCUT2D eigenvalue weighted by atomic mass is 10.3. The summed E-state index contributed by atoms with van der Waals surface area (Å²) in [6.45, 7) is 3.11. The fourth-order valence-electron chi connectivity index (χ4n) is 1.49. The van der Waals surface area contributed by atoms with Crippen LogP contribution in [0.2, 0.25) is 0 Å². The molecule has 0 spiro atoms. The fourth-order valence-corrected chi connectivity index (χ4v) is 1.49. The van der Waals surface area contributed by atoms with Crippen molar-refractivity contribution >= 4 is 0 Å². The maximum Gasteiger partial charge on any atom is 0.248 e. The maximum atomic E-state index is 5.12. The molecule has 0 fully saturated rings. The van der Waals surface area contributed by atoms with Crippen LogP contribution in [0.3, 0.4) is 0 Å². The number of imidazole rings is 1. The van der Waals surface area contributed by atoms with Crippen molar-refractivity contribution in [2.45, 2.75) is 13.5 Å². The van der Waals surface area contributed by atoms with Gasteiger partial charge in [0.2, 0.25) is 6.33 Å². The van der Waals surface area contributed by atoms with E-state index in [2.05, 4.69) is 28.6 Å². The van der Waals surface area contributed by atoms with E-state index >= 15 is 0 Å². The maximum absolute atomic E-state index is 5.12. The highest BCUT2D eigenvalue weighted by molar-refractivity contribution is 5.36. The van der Waals surface area contributed by atoms with Crippen molar-refractivity contribution in [3.63, 3.8) is 0 Å². The first kappa shape index (κ1) is 9.77. The largest absolute Gasteiger partial charge is 0.497 e. The van der Waals surface area contributed by atoms with Gasteiger partial charge in [-0.05, 0) is 31.2 Å². The van der Waals surface area contributed by atoms with Crippen molar-refractivity contribution in [1.29, 1.82) is 0 Å². The zero-order chi connectivity index (χ0) is 10.7. The number of benzene rings is 1. The zero-order valence-corrected chi connectivity index (χ0v) is 9.05. The molecule has 0 atom stereocenters. The van der Waals surface area contributed by atoms with Gasteiger partial charge < -0.3 is 4.74 Å². The monoisotopic (exact) mass is 203 g/mol. The van der Waals surface area contributed by atoms with E-state index in [9.17, 15) is 0 Å². The molecule has 2 aromatic rings. The van der Waals surface area contributed by atoms with Gasteiger partial charge in [-0.25, -0.2) is 9.13 Å². The summed E-state index contributed by atoms with van der Waals surface area (Å²) >= 11 is 0. The predicted octanol–water partition coefficient (Wildman–Crippen LogP) is 1.79. The Balaban J connectivity index is 2.28. The Labute approximate surface area is 89.5 Å². The van der Waals surface area contributed by atoms with Gasteiger partial charge in [0.05, 0.1) is 13.7 Å². The van der Waals surface area contributed by atoms with E-state index in [4.69, 9.17) is 4.74 Å². The van der Waals surface area contributed by atoms with E-state index in [-0.39, 0.29) is 0 Å². The van der Waals surface area contributed by atoms with Gasteiger partial charge in [-0.3, -0.25) is 0 Å². The lowest BCUT2D eigenvalue weighted by Crippen LogP contribution is -2.28. The third kappa shape index (κ3) is 2.01. The molecule has 1 aromatic heterocycles. The van der Waals surface area contributed by atoms with Crippen molar-refractivity contribution in [2.24, 2.45) is 0 Å². The first-order valence-corrected chi connectivity index (χ1v) is 5.05. The molecule has 0 unspecified atom stereocenters. The highest BCUT2D eigenvalue weighted by atomic mass is 16.5. The normalized spacial score (nSPS) is 10.3. The highest BCUT2D eigenvalue weighted by Crippen LogP contribution is 2.13. The number of rotatable bonds is 3. The first-order chi connectivity index (χ1) is 7.33. The lowest BCUT2D eigenvalue weighted by molar-refractivity contribution is -0.692. The van der Waals surface area contributed by atoms with Gasteiger partial charge in [0.25, 0.3) is 0 Å². The molecular formula is C12H15N2O+. The molecule has 0 aliphatic rings. The molecule has 1 heterocycles. The van der Waals surface area contributed by atoms with Gasteiger partial charge in [0.15, 0.2) is 0 Å². The first-order valence-electron chi connectivity index (χ1n) is 5.05. The molecule has 78 valence electrons. The van der Waals surface area contributed by atoms with Crippen LogP contribution in [-0.2, 0) is 6.54 Å². The molecule has 0 bridgehead atoms. The van der Waals surface area contributed by atoms with E-state index in [1.54, 1.807) is 7.11 Å². The Morgan fingerprint density at radius 1 is 1.27 bits per heavy atom. The molecule has 0 saturated heterocycles. The molecule has 1 aromatic carbocycles. The Bertz CT molecular complexity index is 431. The Kier molecular flexibility index (Phi) is 2.72. The molecule has 0 saturated carbocycles. The summed E-state index contributed by atoms with van der Waals surface area (Å²) in [5.74, 6) is 0.884. The molecule has 3 nitrogen and oxygen atoms in total. The summed E-state index contributed by atoms with van der Waals surface area (Å²) in [5, 5.41) is 0.